The van der Waals surface area contributed by atoms with Crippen molar-refractivity contribution in [3.05, 3.63) is 218 Å². The van der Waals surface area contributed by atoms with Crippen molar-refractivity contribution < 1.29 is 32.3 Å². The number of ketones is 1. The number of nitrogens with zero attached hydrogens (tertiary/aromatic N) is 3. The number of hydrogen-bond donors (Lipinski definition) is 0. The lowest BCUT2D eigenvalue weighted by atomic mass is 9.75. The fourth-order valence-electron chi connectivity index (χ4n) is 7.86. The summed E-state index contributed by atoms with van der Waals surface area (Å²) in [4.78, 5) is 42.9. The number of rotatable bonds is 12. The van der Waals surface area contributed by atoms with Crippen molar-refractivity contribution in [3.63, 3.8) is 0 Å². The molecule has 7 nitrogen and oxygen atoms in total. The Kier molecular flexibility index (Phi) is 18.2. The molecule has 1 amide bonds. The Bertz CT molecular complexity index is 2780. The first-order chi connectivity index (χ1) is 32.1. The minimum absolute atomic E-state index is 0.0307. The Morgan fingerprint density at radius 2 is 1.18 bits per heavy atom. The standard InChI is InChI=1S/C21H24F3NO.C19H19NO2.C17H14ClNO/c1-5-25(6-2)19(26)17-12-7-8-13-18(17)20(3,4)15-10-9-11-16(14-15)21(22,23)24;1-5-22-18(21)16-8-6-7-9-17(16)19(2,3)14-10-12-15(20-4)13-11-14;1-17(2,16(20)12-6-4-3-5-7-12)15-10-14(18)9-8-13(15)11-19/h7-14H,5-6H2,1-4H3;6-13H,5H2,1-3H3;3-10H,1-2H3. The maximum atomic E-state index is 13.1. The van der Waals surface area contributed by atoms with Crippen LogP contribution in [0.1, 0.15) is 132 Å². The Labute approximate surface area is 404 Å². The third-order valence-electron chi connectivity index (χ3n) is 12.0. The number of halogens is 4. The fraction of sp³-hybridized carbons (Fsp3) is 0.281. The summed E-state index contributed by atoms with van der Waals surface area (Å²) in [6.45, 7) is 25.6. The molecule has 0 radical (unpaired) electrons. The second-order valence-electron chi connectivity index (χ2n) is 17.4. The van der Waals surface area contributed by atoms with E-state index in [1.807, 2.05) is 102 Å². The first-order valence-corrected chi connectivity index (χ1v) is 22.6. The van der Waals surface area contributed by atoms with Crippen LogP contribution >= 0.6 is 11.6 Å². The van der Waals surface area contributed by atoms with Crippen LogP contribution in [0.25, 0.3) is 4.85 Å². The largest absolute Gasteiger partial charge is 0.462 e. The van der Waals surface area contributed by atoms with E-state index in [0.717, 1.165) is 22.8 Å². The van der Waals surface area contributed by atoms with Crippen LogP contribution in [0.5, 0.6) is 0 Å². The second kappa shape index (κ2) is 23.1. The molecule has 0 saturated heterocycles. The molecular weight excluding hydrogens is 883 g/mol. The van der Waals surface area contributed by atoms with Gasteiger partial charge in [0.1, 0.15) is 0 Å². The number of carbonyl (C=O) groups is 3. The molecule has 0 unspecified atom stereocenters. The number of esters is 1. The summed E-state index contributed by atoms with van der Waals surface area (Å²) >= 11 is 6.01. The lowest BCUT2D eigenvalue weighted by molar-refractivity contribution is -0.137. The summed E-state index contributed by atoms with van der Waals surface area (Å²) in [5.41, 5.74) is 4.09. The minimum atomic E-state index is -4.40. The number of alkyl halides is 3. The van der Waals surface area contributed by atoms with Crippen LogP contribution in [0.4, 0.5) is 18.9 Å². The van der Waals surface area contributed by atoms with Gasteiger partial charge in [-0.2, -0.15) is 18.4 Å². The van der Waals surface area contributed by atoms with Crippen LogP contribution in [-0.2, 0) is 27.2 Å². The van der Waals surface area contributed by atoms with Crippen molar-refractivity contribution in [1.29, 1.82) is 5.26 Å². The molecule has 0 aliphatic carbocycles. The van der Waals surface area contributed by atoms with Gasteiger partial charge in [0.05, 0.1) is 41.4 Å². The van der Waals surface area contributed by atoms with E-state index >= 15 is 0 Å². The molecule has 0 aliphatic heterocycles. The highest BCUT2D eigenvalue weighted by molar-refractivity contribution is 6.30. The van der Waals surface area contributed by atoms with Crippen molar-refractivity contribution in [2.24, 2.45) is 0 Å². The summed E-state index contributed by atoms with van der Waals surface area (Å²) < 4.78 is 44.5. The molecule has 0 spiro atoms. The average Bonchev–Trinajstić information content (AvgIpc) is 3.34. The van der Waals surface area contributed by atoms with E-state index in [1.165, 1.54) is 12.1 Å². The van der Waals surface area contributed by atoms with Gasteiger partial charge in [0.2, 0.25) is 0 Å². The summed E-state index contributed by atoms with van der Waals surface area (Å²) in [5, 5.41) is 9.74. The molecule has 0 aliphatic rings. The van der Waals surface area contributed by atoms with Crippen LogP contribution in [0.2, 0.25) is 5.02 Å². The quantitative estimate of drug-likeness (QED) is 0.0692. The number of ether oxygens (including phenoxy) is 1. The van der Waals surface area contributed by atoms with Gasteiger partial charge in [-0.05, 0) is 98.8 Å². The van der Waals surface area contributed by atoms with Gasteiger partial charge in [-0.3, -0.25) is 9.59 Å². The molecule has 6 aromatic carbocycles. The Hall–Kier alpha value is -7.01. The smallest absolute Gasteiger partial charge is 0.416 e. The average molecular weight is 941 g/mol. The van der Waals surface area contributed by atoms with Crippen LogP contribution in [0.15, 0.2) is 146 Å². The minimum Gasteiger partial charge on any atom is -0.462 e. The maximum absolute atomic E-state index is 13.1. The predicted molar refractivity (Wildman–Crippen MR) is 264 cm³/mol. The number of carbonyl (C=O) groups excluding carboxylic acids is 3. The van der Waals surface area contributed by atoms with E-state index in [1.54, 1.807) is 78.6 Å². The molecule has 0 aromatic heterocycles. The van der Waals surface area contributed by atoms with E-state index in [2.05, 4.69) is 24.8 Å². The van der Waals surface area contributed by atoms with Crippen molar-refractivity contribution in [1.82, 2.24) is 4.90 Å². The van der Waals surface area contributed by atoms with Gasteiger partial charge in [0, 0.05) is 40.1 Å². The zero-order valence-electron chi connectivity index (χ0n) is 40.0. The van der Waals surface area contributed by atoms with Gasteiger partial charge in [-0.15, -0.1) is 0 Å². The number of hydrogen-bond acceptors (Lipinski definition) is 5. The molecule has 6 rings (SSSR count). The topological polar surface area (TPSA) is 91.8 Å². The summed E-state index contributed by atoms with van der Waals surface area (Å²) in [5.74, 6) is -0.438. The van der Waals surface area contributed by atoms with Crippen LogP contribution < -0.4 is 0 Å². The highest BCUT2D eigenvalue weighted by Gasteiger charge is 2.35. The maximum Gasteiger partial charge on any atom is 0.416 e. The number of Topliss-reactive ketones (excluding diaryl/α,β-unsaturated/α-hetero) is 1. The van der Waals surface area contributed by atoms with E-state index in [9.17, 15) is 32.8 Å². The molecule has 11 heteroatoms. The second-order valence-corrected chi connectivity index (χ2v) is 17.8. The first kappa shape index (κ1) is 53.6. The van der Waals surface area contributed by atoms with Gasteiger partial charge in [0.15, 0.2) is 11.5 Å². The Balaban J connectivity index is 0.000000224. The first-order valence-electron chi connectivity index (χ1n) is 22.2. The van der Waals surface area contributed by atoms with Gasteiger partial charge >= 0.3 is 12.1 Å². The van der Waals surface area contributed by atoms with Crippen molar-refractivity contribution >= 4 is 34.9 Å². The fourth-order valence-corrected chi connectivity index (χ4v) is 8.03. The summed E-state index contributed by atoms with van der Waals surface area (Å²) in [6, 6.07) is 43.7. The lowest BCUT2D eigenvalue weighted by Crippen LogP contribution is -2.33. The van der Waals surface area contributed by atoms with Crippen molar-refractivity contribution in [3.8, 4) is 6.07 Å². The third kappa shape index (κ3) is 12.7. The molecule has 0 N–H and O–H groups in total. The zero-order valence-corrected chi connectivity index (χ0v) is 40.7. The van der Waals surface area contributed by atoms with Crippen LogP contribution in [-0.4, -0.2) is 42.3 Å². The highest BCUT2D eigenvalue weighted by Crippen LogP contribution is 2.39. The molecule has 0 heterocycles. The van der Waals surface area contributed by atoms with E-state index in [4.69, 9.17) is 22.9 Å². The molecule has 6 aromatic rings. The van der Waals surface area contributed by atoms with Gasteiger partial charge in [-0.1, -0.05) is 148 Å². The van der Waals surface area contributed by atoms with Crippen LogP contribution in [0, 0.1) is 17.9 Å². The van der Waals surface area contributed by atoms with Crippen molar-refractivity contribution in [2.45, 2.75) is 84.7 Å². The SMILES string of the molecule is CC(C)(C(=O)c1ccccc1)c1cc(Cl)ccc1C#N.CCN(CC)C(=O)c1ccccc1C(C)(C)c1cccc(C(F)(F)F)c1.[C-]#[N+]c1ccc(C(C)(C)c2ccccc2C(=O)OCC)cc1. The Morgan fingerprint density at radius 1 is 0.647 bits per heavy atom. The molecular formula is C57H57ClF3N3O4. The molecule has 0 fully saturated rings. The molecule has 68 heavy (non-hydrogen) atoms. The molecule has 0 atom stereocenters. The highest BCUT2D eigenvalue weighted by atomic mass is 35.5. The van der Waals surface area contributed by atoms with E-state index in [-0.39, 0.29) is 23.1 Å². The number of nitriles is 1. The molecule has 352 valence electrons. The monoisotopic (exact) mass is 939 g/mol. The Morgan fingerprint density at radius 3 is 1.72 bits per heavy atom. The van der Waals surface area contributed by atoms with Crippen molar-refractivity contribution in [2.75, 3.05) is 19.7 Å². The van der Waals surface area contributed by atoms with Crippen LogP contribution in [0.3, 0.4) is 0 Å². The van der Waals surface area contributed by atoms with Gasteiger partial charge in [-0.25, -0.2) is 9.64 Å². The number of amides is 1. The van der Waals surface area contributed by atoms with E-state index < -0.39 is 22.6 Å². The predicted octanol–water partition coefficient (Wildman–Crippen LogP) is 14.6. The van der Waals surface area contributed by atoms with Gasteiger partial charge in [0.25, 0.3) is 5.91 Å². The molecule has 0 bridgehead atoms. The van der Waals surface area contributed by atoms with Gasteiger partial charge < -0.3 is 9.64 Å². The molecule has 0 saturated carbocycles. The summed E-state index contributed by atoms with van der Waals surface area (Å²) in [6.07, 6.45) is -4.40. The zero-order chi connectivity index (χ0) is 50.5. The number of benzene rings is 6. The van der Waals surface area contributed by atoms with E-state index in [0.29, 0.717) is 63.8 Å². The lowest BCUT2D eigenvalue weighted by Gasteiger charge is -2.30. The summed E-state index contributed by atoms with van der Waals surface area (Å²) in [7, 11) is 0. The normalized spacial score (nSPS) is 11.3. The third-order valence-corrected chi connectivity index (χ3v) is 12.2.